The summed E-state index contributed by atoms with van der Waals surface area (Å²) in [5.41, 5.74) is 1.45. The van der Waals surface area contributed by atoms with Crippen molar-refractivity contribution >= 4 is 11.8 Å². The molecule has 1 aliphatic carbocycles. The van der Waals surface area contributed by atoms with Crippen molar-refractivity contribution in [3.05, 3.63) is 84.5 Å². The molecule has 94 valence electrons. The zero-order chi connectivity index (χ0) is 12.9. The van der Waals surface area contributed by atoms with Gasteiger partial charge >= 0.3 is 0 Å². The van der Waals surface area contributed by atoms with Crippen molar-refractivity contribution in [2.45, 2.75) is 22.1 Å². The second kappa shape index (κ2) is 5.94. The Morgan fingerprint density at radius 1 is 0.842 bits per heavy atom. The highest BCUT2D eigenvalue weighted by molar-refractivity contribution is 7.78. The van der Waals surface area contributed by atoms with E-state index >= 15 is 0 Å². The van der Waals surface area contributed by atoms with E-state index in [-0.39, 0.29) is 0 Å². The first kappa shape index (κ1) is 12.3. The number of hydrogen-bond donors (Lipinski definition) is 0. The number of allylic oxidation sites excluding steroid dienone is 4. The Morgan fingerprint density at radius 2 is 1.63 bits per heavy atom. The van der Waals surface area contributed by atoms with Crippen molar-refractivity contribution in [2.24, 2.45) is 0 Å². The van der Waals surface area contributed by atoms with E-state index < -0.39 is 0 Å². The van der Waals surface area contributed by atoms with E-state index in [4.69, 9.17) is 0 Å². The van der Waals surface area contributed by atoms with Gasteiger partial charge in [0.2, 0.25) is 0 Å². The molecular formula is C18H17S+. The van der Waals surface area contributed by atoms with Crippen molar-refractivity contribution in [3.8, 4) is 0 Å². The number of hydrogen-bond acceptors (Lipinski definition) is 0. The SMILES string of the molecule is C1=CCC(c2ccccc2[SH+]c2ccccc2)C=C1. The Morgan fingerprint density at radius 3 is 2.42 bits per heavy atom. The maximum atomic E-state index is 2.30. The Balaban J connectivity index is 1.89. The third-order valence-electron chi connectivity index (χ3n) is 3.32. The lowest BCUT2D eigenvalue weighted by Crippen LogP contribution is -2.00. The average molecular weight is 265 g/mol. The molecule has 1 unspecified atom stereocenters. The zero-order valence-electron chi connectivity index (χ0n) is 10.7. The van der Waals surface area contributed by atoms with E-state index in [1.54, 1.807) is 0 Å². The van der Waals surface area contributed by atoms with Gasteiger partial charge < -0.3 is 0 Å². The summed E-state index contributed by atoms with van der Waals surface area (Å²) in [4.78, 5) is 2.77. The largest absolute Gasteiger partial charge is 0.162 e. The summed E-state index contributed by atoms with van der Waals surface area (Å²) in [5.74, 6) is 0.525. The Labute approximate surface area is 118 Å². The molecular weight excluding hydrogens is 248 g/mol. The van der Waals surface area contributed by atoms with Crippen LogP contribution in [0.5, 0.6) is 0 Å². The molecule has 1 heteroatoms. The predicted molar refractivity (Wildman–Crippen MR) is 83.8 cm³/mol. The standard InChI is InChI=1S/C18H16S/c1-3-9-15(10-4-1)17-13-7-8-14-18(17)19-16-11-5-2-6-12-16/h1-9,11-15H,10H2/p+1. The molecule has 0 radical (unpaired) electrons. The first-order chi connectivity index (χ1) is 9.43. The summed E-state index contributed by atoms with van der Waals surface area (Å²) in [7, 11) is 0. The summed E-state index contributed by atoms with van der Waals surface area (Å²) < 4.78 is 0. The van der Waals surface area contributed by atoms with Crippen LogP contribution in [0.25, 0.3) is 0 Å². The molecule has 2 aromatic carbocycles. The van der Waals surface area contributed by atoms with E-state index in [0.29, 0.717) is 5.92 Å². The molecule has 3 rings (SSSR count). The molecule has 1 atom stereocenters. The quantitative estimate of drug-likeness (QED) is 0.565. The van der Waals surface area contributed by atoms with Crippen LogP contribution in [0.15, 0.2) is 88.7 Å². The van der Waals surface area contributed by atoms with Crippen molar-refractivity contribution in [1.29, 1.82) is 0 Å². The minimum absolute atomic E-state index is 0.525. The van der Waals surface area contributed by atoms with E-state index in [2.05, 4.69) is 78.9 Å². The second-order valence-corrected chi connectivity index (χ2v) is 5.88. The molecule has 0 nitrogen and oxygen atoms in total. The summed E-state index contributed by atoms with van der Waals surface area (Å²) in [6.07, 6.45) is 9.95. The molecule has 2 aromatic rings. The topological polar surface area (TPSA) is 0 Å². The van der Waals surface area contributed by atoms with Gasteiger partial charge in [-0.2, -0.15) is 0 Å². The van der Waals surface area contributed by atoms with Crippen molar-refractivity contribution < 1.29 is 0 Å². The lowest BCUT2D eigenvalue weighted by molar-refractivity contribution is 0.832. The monoisotopic (exact) mass is 265 g/mol. The van der Waals surface area contributed by atoms with E-state index in [9.17, 15) is 0 Å². The van der Waals surface area contributed by atoms with Crippen LogP contribution in [0.2, 0.25) is 0 Å². The fourth-order valence-electron chi connectivity index (χ4n) is 2.36. The lowest BCUT2D eigenvalue weighted by atomic mass is 9.93. The Kier molecular flexibility index (Phi) is 3.85. The molecule has 0 saturated heterocycles. The highest BCUT2D eigenvalue weighted by Crippen LogP contribution is 2.29. The van der Waals surface area contributed by atoms with E-state index in [0.717, 1.165) is 6.42 Å². The molecule has 0 bridgehead atoms. The van der Waals surface area contributed by atoms with Gasteiger partial charge in [0.05, 0.1) is 0 Å². The van der Waals surface area contributed by atoms with Gasteiger partial charge in [0.25, 0.3) is 0 Å². The van der Waals surface area contributed by atoms with Crippen molar-refractivity contribution in [3.63, 3.8) is 0 Å². The first-order valence-electron chi connectivity index (χ1n) is 6.62. The third-order valence-corrected chi connectivity index (χ3v) is 4.53. The van der Waals surface area contributed by atoms with Crippen molar-refractivity contribution in [2.75, 3.05) is 0 Å². The maximum Gasteiger partial charge on any atom is 0.162 e. The Bertz CT molecular complexity index is 596. The van der Waals surface area contributed by atoms with Gasteiger partial charge in [-0.05, 0) is 24.6 Å². The van der Waals surface area contributed by atoms with Gasteiger partial charge in [-0.1, -0.05) is 60.7 Å². The average Bonchev–Trinajstić information content (AvgIpc) is 2.50. The van der Waals surface area contributed by atoms with Crippen LogP contribution in [-0.4, -0.2) is 0 Å². The van der Waals surface area contributed by atoms with E-state index in [1.165, 1.54) is 27.1 Å². The molecule has 0 heterocycles. The van der Waals surface area contributed by atoms with Crippen LogP contribution in [0.3, 0.4) is 0 Å². The minimum Gasteiger partial charge on any atom is -0.0836 e. The minimum atomic E-state index is 0.525. The number of thiol groups is 1. The number of rotatable bonds is 3. The van der Waals surface area contributed by atoms with Gasteiger partial charge in [-0.3, -0.25) is 0 Å². The fraction of sp³-hybridized carbons (Fsp3) is 0.111. The van der Waals surface area contributed by atoms with Gasteiger partial charge in [0, 0.05) is 23.2 Å². The first-order valence-corrected chi connectivity index (χ1v) is 7.52. The van der Waals surface area contributed by atoms with Gasteiger partial charge in [0.1, 0.15) is 0 Å². The third kappa shape index (κ3) is 2.99. The highest BCUT2D eigenvalue weighted by Gasteiger charge is 2.18. The molecule has 0 amide bonds. The fourth-order valence-corrected chi connectivity index (χ4v) is 3.49. The molecule has 0 aromatic heterocycles. The van der Waals surface area contributed by atoms with Crippen LogP contribution in [0.1, 0.15) is 17.9 Å². The lowest BCUT2D eigenvalue weighted by Gasteiger charge is -2.13. The van der Waals surface area contributed by atoms with Crippen LogP contribution in [0, 0.1) is 0 Å². The van der Waals surface area contributed by atoms with Gasteiger partial charge in [-0.15, -0.1) is 0 Å². The van der Waals surface area contributed by atoms with Gasteiger partial charge in [0.15, 0.2) is 9.79 Å². The Hall–Kier alpha value is -1.73. The molecule has 0 saturated carbocycles. The second-order valence-electron chi connectivity index (χ2n) is 4.66. The van der Waals surface area contributed by atoms with E-state index in [1.807, 2.05) is 0 Å². The molecule has 0 N–H and O–H groups in total. The summed E-state index contributed by atoms with van der Waals surface area (Å²) in [6, 6.07) is 19.4. The predicted octanol–water partition coefficient (Wildman–Crippen LogP) is 4.52. The smallest absolute Gasteiger partial charge is 0.0836 e. The molecule has 0 aliphatic heterocycles. The summed E-state index contributed by atoms with van der Waals surface area (Å²) in [5, 5.41) is 0. The van der Waals surface area contributed by atoms with Gasteiger partial charge in [-0.25, -0.2) is 0 Å². The molecule has 19 heavy (non-hydrogen) atoms. The highest BCUT2D eigenvalue weighted by atomic mass is 32.2. The maximum absolute atomic E-state index is 2.30. The van der Waals surface area contributed by atoms with Crippen LogP contribution in [0.4, 0.5) is 0 Å². The number of benzene rings is 2. The zero-order valence-corrected chi connectivity index (χ0v) is 11.6. The van der Waals surface area contributed by atoms with Crippen LogP contribution >= 0.6 is 0 Å². The molecule has 0 fully saturated rings. The van der Waals surface area contributed by atoms with Crippen LogP contribution < -0.4 is 0 Å². The van der Waals surface area contributed by atoms with Crippen LogP contribution in [-0.2, 0) is 11.8 Å². The molecule has 0 spiro atoms. The normalized spacial score (nSPS) is 17.6. The molecule has 1 aliphatic rings. The van der Waals surface area contributed by atoms with Crippen molar-refractivity contribution in [1.82, 2.24) is 0 Å². The summed E-state index contributed by atoms with van der Waals surface area (Å²) >= 11 is 1.30. The summed E-state index contributed by atoms with van der Waals surface area (Å²) in [6.45, 7) is 0.